The average Bonchev–Trinajstić information content (AvgIpc) is 3.10. The molecule has 0 atom stereocenters. The van der Waals surface area contributed by atoms with E-state index in [1.807, 2.05) is 0 Å². The smallest absolute Gasteiger partial charge is 0.201 e. The molecule has 2 nitrogen and oxygen atoms in total. The number of nitrogens with zero attached hydrogens (tertiary/aromatic N) is 2. The van der Waals surface area contributed by atoms with Gasteiger partial charge in [0.2, 0.25) is 0 Å². The van der Waals surface area contributed by atoms with E-state index < -0.39 is 0 Å². The molecule has 0 aliphatic carbocycles. The van der Waals surface area contributed by atoms with Crippen LogP contribution in [0.1, 0.15) is 67.3 Å². The standard InChI is InChI=1S/C28H33N2/c1-18(2)24-11-9-12-25(19(3)4)27(24)26-13-8-10-23-16-29(17-30(23)26)28-21(6)14-20(5)15-22(28)7/h8-19H,1-7H3/q+1. The lowest BCUT2D eigenvalue weighted by molar-refractivity contribution is -0.594. The molecule has 30 heavy (non-hydrogen) atoms. The molecule has 4 aromatic rings. The molecule has 0 radical (unpaired) electrons. The second-order valence-electron chi connectivity index (χ2n) is 9.23. The normalized spacial score (nSPS) is 11.8. The van der Waals surface area contributed by atoms with Crippen molar-refractivity contribution >= 4 is 5.52 Å². The maximum absolute atomic E-state index is 2.35. The van der Waals surface area contributed by atoms with Crippen molar-refractivity contribution in [1.29, 1.82) is 0 Å². The van der Waals surface area contributed by atoms with Gasteiger partial charge in [0, 0.05) is 5.56 Å². The van der Waals surface area contributed by atoms with Gasteiger partial charge in [-0.1, -0.05) is 69.7 Å². The first-order chi connectivity index (χ1) is 14.3. The molecule has 0 unspecified atom stereocenters. The molecule has 2 heteroatoms. The average molecular weight is 398 g/mol. The molecule has 2 heterocycles. The summed E-state index contributed by atoms with van der Waals surface area (Å²) in [4.78, 5) is 0. The van der Waals surface area contributed by atoms with Crippen molar-refractivity contribution in [3.63, 3.8) is 0 Å². The van der Waals surface area contributed by atoms with Gasteiger partial charge in [0.25, 0.3) is 6.33 Å². The minimum Gasteiger partial charge on any atom is -0.201 e. The highest BCUT2D eigenvalue weighted by atomic mass is 15.1. The Kier molecular flexibility index (Phi) is 5.27. The van der Waals surface area contributed by atoms with Gasteiger partial charge in [-0.05, 0) is 67.0 Å². The predicted molar refractivity (Wildman–Crippen MR) is 127 cm³/mol. The summed E-state index contributed by atoms with van der Waals surface area (Å²) < 4.78 is 4.64. The maximum atomic E-state index is 2.35. The van der Waals surface area contributed by atoms with Crippen molar-refractivity contribution in [2.75, 3.05) is 0 Å². The van der Waals surface area contributed by atoms with Crippen LogP contribution in [0.2, 0.25) is 0 Å². The van der Waals surface area contributed by atoms with E-state index in [2.05, 4.69) is 118 Å². The van der Waals surface area contributed by atoms with E-state index in [0.717, 1.165) is 0 Å². The summed E-state index contributed by atoms with van der Waals surface area (Å²) in [6, 6.07) is 18.0. The molecule has 154 valence electrons. The van der Waals surface area contributed by atoms with E-state index in [-0.39, 0.29) is 0 Å². The Bertz CT molecular complexity index is 1180. The number of hydrogen-bond acceptors (Lipinski definition) is 0. The van der Waals surface area contributed by atoms with Gasteiger partial charge >= 0.3 is 0 Å². The predicted octanol–water partition coefficient (Wildman–Crippen LogP) is 7.06. The van der Waals surface area contributed by atoms with Crippen molar-refractivity contribution < 1.29 is 4.57 Å². The third-order valence-electron chi connectivity index (χ3n) is 6.09. The number of aromatic nitrogens is 2. The number of imidazole rings is 1. The topological polar surface area (TPSA) is 8.29 Å². The third kappa shape index (κ3) is 3.45. The highest BCUT2D eigenvalue weighted by Gasteiger charge is 2.22. The summed E-state index contributed by atoms with van der Waals surface area (Å²) in [5.41, 5.74) is 11.9. The summed E-state index contributed by atoms with van der Waals surface area (Å²) in [5, 5.41) is 0. The Morgan fingerprint density at radius 3 is 1.90 bits per heavy atom. The summed E-state index contributed by atoms with van der Waals surface area (Å²) >= 11 is 0. The number of aryl methyl sites for hydroxylation is 3. The van der Waals surface area contributed by atoms with Gasteiger partial charge in [-0.25, -0.2) is 4.57 Å². The van der Waals surface area contributed by atoms with Gasteiger partial charge < -0.3 is 0 Å². The van der Waals surface area contributed by atoms with Gasteiger partial charge in [0.05, 0.1) is 0 Å². The Balaban J connectivity index is 2.01. The van der Waals surface area contributed by atoms with Gasteiger partial charge in [0.1, 0.15) is 17.6 Å². The zero-order valence-electron chi connectivity index (χ0n) is 19.3. The van der Waals surface area contributed by atoms with Crippen molar-refractivity contribution in [3.05, 3.63) is 88.9 Å². The number of hydrogen-bond donors (Lipinski definition) is 0. The first-order valence-electron chi connectivity index (χ1n) is 11.0. The van der Waals surface area contributed by atoms with Gasteiger partial charge in [-0.2, -0.15) is 4.40 Å². The fourth-order valence-electron chi connectivity index (χ4n) is 4.82. The monoisotopic (exact) mass is 397 g/mol. The molecule has 4 rings (SSSR count). The summed E-state index contributed by atoms with van der Waals surface area (Å²) in [6.07, 6.45) is 4.50. The van der Waals surface area contributed by atoms with Crippen LogP contribution in [0.15, 0.2) is 61.1 Å². The van der Waals surface area contributed by atoms with E-state index >= 15 is 0 Å². The van der Waals surface area contributed by atoms with E-state index in [4.69, 9.17) is 0 Å². The molecule has 0 amide bonds. The highest BCUT2D eigenvalue weighted by Crippen LogP contribution is 2.36. The second kappa shape index (κ2) is 7.75. The molecule has 0 aliphatic rings. The van der Waals surface area contributed by atoms with Crippen LogP contribution in [0, 0.1) is 20.8 Å². The lowest BCUT2D eigenvalue weighted by atomic mass is 9.87. The molecular weight excluding hydrogens is 364 g/mol. The maximum Gasteiger partial charge on any atom is 0.254 e. The lowest BCUT2D eigenvalue weighted by Crippen LogP contribution is -2.29. The summed E-state index contributed by atoms with van der Waals surface area (Å²) in [7, 11) is 0. The molecule has 2 aromatic carbocycles. The lowest BCUT2D eigenvalue weighted by Gasteiger charge is -2.18. The van der Waals surface area contributed by atoms with E-state index in [1.54, 1.807) is 0 Å². The summed E-state index contributed by atoms with van der Waals surface area (Å²) in [5.74, 6) is 0.941. The number of fused-ring (bicyclic) bond motifs is 1. The second-order valence-corrected chi connectivity index (χ2v) is 9.23. The largest absolute Gasteiger partial charge is 0.254 e. The van der Waals surface area contributed by atoms with E-state index in [0.29, 0.717) is 11.8 Å². The number of rotatable bonds is 4. The van der Waals surface area contributed by atoms with Crippen molar-refractivity contribution in [2.24, 2.45) is 0 Å². The highest BCUT2D eigenvalue weighted by molar-refractivity contribution is 5.72. The van der Waals surface area contributed by atoms with Crippen molar-refractivity contribution in [2.45, 2.75) is 60.3 Å². The molecular formula is C28H33N2+. The molecule has 0 aliphatic heterocycles. The number of pyridine rings is 1. The molecule has 0 fully saturated rings. The van der Waals surface area contributed by atoms with E-state index in [9.17, 15) is 0 Å². The van der Waals surface area contributed by atoms with E-state index in [1.165, 1.54) is 50.3 Å². The number of benzene rings is 2. The van der Waals surface area contributed by atoms with Crippen LogP contribution in [0.25, 0.3) is 22.5 Å². The van der Waals surface area contributed by atoms with Crippen LogP contribution in [0.3, 0.4) is 0 Å². The van der Waals surface area contributed by atoms with Crippen LogP contribution in [-0.4, -0.2) is 4.40 Å². The Morgan fingerprint density at radius 2 is 1.33 bits per heavy atom. The van der Waals surface area contributed by atoms with Crippen LogP contribution in [0.5, 0.6) is 0 Å². The zero-order chi connectivity index (χ0) is 21.6. The van der Waals surface area contributed by atoms with Gasteiger partial charge in [0.15, 0.2) is 5.52 Å². The molecule has 2 aromatic heterocycles. The molecule has 0 N–H and O–H groups in total. The Morgan fingerprint density at radius 1 is 0.767 bits per heavy atom. The zero-order valence-corrected chi connectivity index (χ0v) is 19.3. The molecule has 0 saturated heterocycles. The van der Waals surface area contributed by atoms with Crippen molar-refractivity contribution in [1.82, 2.24) is 4.40 Å². The fraction of sp³-hybridized carbons (Fsp3) is 0.321. The van der Waals surface area contributed by atoms with Crippen molar-refractivity contribution in [3.8, 4) is 16.9 Å². The molecule has 0 spiro atoms. The Hall–Kier alpha value is -2.87. The fourth-order valence-corrected chi connectivity index (χ4v) is 4.82. The quantitative estimate of drug-likeness (QED) is 0.326. The van der Waals surface area contributed by atoms with Crippen LogP contribution in [0.4, 0.5) is 0 Å². The molecule has 0 bridgehead atoms. The SMILES string of the molecule is Cc1cc(C)c(-[n+]2cc3cccc(-c4c(C(C)C)cccc4C(C)C)n3c2)c(C)c1. The first-order valence-corrected chi connectivity index (χ1v) is 11.0. The first kappa shape index (κ1) is 20.4. The van der Waals surface area contributed by atoms with Gasteiger partial charge in [-0.3, -0.25) is 0 Å². The minimum atomic E-state index is 0.471. The van der Waals surface area contributed by atoms with Crippen LogP contribution < -0.4 is 4.57 Å². The van der Waals surface area contributed by atoms with Gasteiger partial charge in [-0.15, -0.1) is 0 Å². The van der Waals surface area contributed by atoms with Crippen LogP contribution >= 0.6 is 0 Å². The van der Waals surface area contributed by atoms with Crippen LogP contribution in [-0.2, 0) is 0 Å². The minimum absolute atomic E-state index is 0.471. The molecule has 0 saturated carbocycles. The third-order valence-corrected chi connectivity index (χ3v) is 6.09. The Labute approximate surface area is 180 Å². The summed E-state index contributed by atoms with van der Waals surface area (Å²) in [6.45, 7) is 15.7.